The summed E-state index contributed by atoms with van der Waals surface area (Å²) in [6, 6.07) is 10.2. The van der Waals surface area contributed by atoms with Crippen LogP contribution in [-0.2, 0) is 4.74 Å². The SMILES string of the molecule is N#CCC1CN(c2nc(OCC3COC3)nc3c(F)c(-c4cccc5ccc(F)c(Cl)c45)ncc23)CCN1. The van der Waals surface area contributed by atoms with Gasteiger partial charge in [-0.3, -0.25) is 4.98 Å². The van der Waals surface area contributed by atoms with Crippen LogP contribution in [0.5, 0.6) is 6.01 Å². The summed E-state index contributed by atoms with van der Waals surface area (Å²) in [5, 5.41) is 13.8. The van der Waals surface area contributed by atoms with Crippen LogP contribution in [0.4, 0.5) is 14.6 Å². The van der Waals surface area contributed by atoms with Crippen LogP contribution in [0.15, 0.2) is 36.5 Å². The molecule has 1 unspecified atom stereocenters. The Hall–Kier alpha value is -3.65. The van der Waals surface area contributed by atoms with Crippen molar-refractivity contribution in [3.63, 3.8) is 0 Å². The third-order valence-corrected chi connectivity index (χ3v) is 7.25. The van der Waals surface area contributed by atoms with Crippen LogP contribution in [0.1, 0.15) is 6.42 Å². The van der Waals surface area contributed by atoms with Gasteiger partial charge in [0.1, 0.15) is 22.8 Å². The predicted molar refractivity (Wildman–Crippen MR) is 139 cm³/mol. The van der Waals surface area contributed by atoms with Crippen molar-refractivity contribution >= 4 is 39.1 Å². The molecule has 0 spiro atoms. The van der Waals surface area contributed by atoms with Crippen LogP contribution < -0.4 is 15.0 Å². The fourth-order valence-corrected chi connectivity index (χ4v) is 5.13. The first-order valence-electron chi connectivity index (χ1n) is 12.3. The highest BCUT2D eigenvalue weighted by molar-refractivity contribution is 6.36. The number of nitriles is 1. The number of nitrogens with zero attached hydrogens (tertiary/aromatic N) is 5. The molecule has 0 saturated carbocycles. The topological polar surface area (TPSA) is 96.2 Å². The van der Waals surface area contributed by atoms with Crippen molar-refractivity contribution < 1.29 is 18.3 Å². The molecule has 1 N–H and O–H groups in total. The number of nitrogens with one attached hydrogen (secondary N) is 1. The number of benzene rings is 2. The molecule has 2 aliphatic rings. The molecule has 2 aromatic heterocycles. The summed E-state index contributed by atoms with van der Waals surface area (Å²) in [5.41, 5.74) is 0.401. The predicted octanol–water partition coefficient (Wildman–Crippen LogP) is 4.49. The molecule has 38 heavy (non-hydrogen) atoms. The van der Waals surface area contributed by atoms with Crippen LogP contribution in [0, 0.1) is 28.9 Å². The zero-order valence-electron chi connectivity index (χ0n) is 20.3. The molecule has 1 atom stereocenters. The lowest BCUT2D eigenvalue weighted by Gasteiger charge is -2.34. The Morgan fingerprint density at radius 2 is 2.08 bits per heavy atom. The second-order valence-electron chi connectivity index (χ2n) is 9.45. The second-order valence-corrected chi connectivity index (χ2v) is 9.83. The van der Waals surface area contributed by atoms with Crippen LogP contribution >= 0.6 is 11.6 Å². The zero-order chi connectivity index (χ0) is 26.2. The number of halogens is 3. The Kier molecular flexibility index (Phi) is 6.66. The third-order valence-electron chi connectivity index (χ3n) is 6.88. The molecular formula is C27H23ClF2N6O2. The lowest BCUT2D eigenvalue weighted by Crippen LogP contribution is -2.51. The van der Waals surface area contributed by atoms with Gasteiger partial charge in [0.2, 0.25) is 0 Å². The number of hydrogen-bond acceptors (Lipinski definition) is 8. The van der Waals surface area contributed by atoms with Gasteiger partial charge in [-0.15, -0.1) is 0 Å². The van der Waals surface area contributed by atoms with Gasteiger partial charge in [-0.05, 0) is 11.5 Å². The maximum atomic E-state index is 16.3. The molecule has 0 amide bonds. The van der Waals surface area contributed by atoms with Gasteiger partial charge in [0.05, 0.1) is 42.7 Å². The Balaban J connectivity index is 1.49. The monoisotopic (exact) mass is 536 g/mol. The maximum Gasteiger partial charge on any atom is 0.319 e. The number of aromatic nitrogens is 3. The molecule has 0 radical (unpaired) electrons. The first-order valence-corrected chi connectivity index (χ1v) is 12.7. The van der Waals surface area contributed by atoms with Crippen molar-refractivity contribution in [1.82, 2.24) is 20.3 Å². The van der Waals surface area contributed by atoms with Gasteiger partial charge in [-0.1, -0.05) is 35.9 Å². The average molecular weight is 537 g/mol. The molecule has 0 bridgehead atoms. The van der Waals surface area contributed by atoms with E-state index in [0.29, 0.717) is 73.4 Å². The van der Waals surface area contributed by atoms with Crippen LogP contribution in [-0.4, -0.2) is 60.4 Å². The number of anilines is 1. The van der Waals surface area contributed by atoms with E-state index in [2.05, 4.69) is 26.3 Å². The van der Waals surface area contributed by atoms with E-state index in [1.807, 2.05) is 4.90 Å². The van der Waals surface area contributed by atoms with Gasteiger partial charge < -0.3 is 19.7 Å². The van der Waals surface area contributed by atoms with Crippen LogP contribution in [0.2, 0.25) is 5.02 Å². The normalized spacial score (nSPS) is 17.9. The standard InChI is InChI=1S/C27H23ClF2N6O2/c28-22-20(29)5-4-16-2-1-3-18(21(16)22)24-23(30)25-19(10-33-24)26(36-9-8-32-17(11-36)6-7-31)35-27(34-25)38-14-15-12-37-13-15/h1-5,10,15,17,32H,6,8-9,11-14H2. The van der Waals surface area contributed by atoms with E-state index >= 15 is 4.39 Å². The highest BCUT2D eigenvalue weighted by Gasteiger charge is 2.27. The summed E-state index contributed by atoms with van der Waals surface area (Å²) in [6.45, 7) is 3.29. The van der Waals surface area contributed by atoms with Crippen molar-refractivity contribution in [3.8, 4) is 23.3 Å². The van der Waals surface area contributed by atoms with Crippen molar-refractivity contribution in [2.75, 3.05) is 44.4 Å². The quantitative estimate of drug-likeness (QED) is 0.385. The second kappa shape index (κ2) is 10.3. The van der Waals surface area contributed by atoms with Crippen LogP contribution in [0.25, 0.3) is 32.9 Å². The first kappa shape index (κ1) is 24.7. The first-order chi connectivity index (χ1) is 18.5. The number of piperazine rings is 1. The molecule has 2 saturated heterocycles. The van der Waals surface area contributed by atoms with Crippen molar-refractivity contribution in [2.24, 2.45) is 5.92 Å². The van der Waals surface area contributed by atoms with Gasteiger partial charge in [0, 0.05) is 48.7 Å². The molecule has 11 heteroatoms. The summed E-state index contributed by atoms with van der Waals surface area (Å²) in [5.74, 6) is -0.569. The minimum atomic E-state index is -0.681. The van der Waals surface area contributed by atoms with E-state index in [1.165, 1.54) is 12.3 Å². The zero-order valence-corrected chi connectivity index (χ0v) is 21.0. The van der Waals surface area contributed by atoms with E-state index in [4.69, 9.17) is 21.1 Å². The number of fused-ring (bicyclic) bond motifs is 2. The lowest BCUT2D eigenvalue weighted by atomic mass is 10.0. The van der Waals surface area contributed by atoms with E-state index in [-0.39, 0.29) is 34.2 Å². The van der Waals surface area contributed by atoms with Gasteiger partial charge in [-0.25, -0.2) is 8.78 Å². The summed E-state index contributed by atoms with van der Waals surface area (Å²) >= 11 is 6.32. The van der Waals surface area contributed by atoms with Crippen molar-refractivity contribution in [2.45, 2.75) is 12.5 Å². The molecule has 0 aliphatic carbocycles. The molecule has 2 fully saturated rings. The van der Waals surface area contributed by atoms with Crippen LogP contribution in [0.3, 0.4) is 0 Å². The number of ether oxygens (including phenoxy) is 2. The van der Waals surface area contributed by atoms with Gasteiger partial charge in [-0.2, -0.15) is 15.2 Å². The smallest absolute Gasteiger partial charge is 0.319 e. The molecule has 6 rings (SSSR count). The highest BCUT2D eigenvalue weighted by atomic mass is 35.5. The Bertz CT molecular complexity index is 1580. The molecule has 4 aromatic rings. The minimum absolute atomic E-state index is 0.00117. The number of rotatable bonds is 6. The third kappa shape index (κ3) is 4.47. The number of pyridine rings is 1. The molecular weight excluding hydrogens is 514 g/mol. The van der Waals surface area contributed by atoms with Crippen molar-refractivity contribution in [3.05, 3.63) is 53.2 Å². The summed E-state index contributed by atoms with van der Waals surface area (Å²) in [6.07, 6.45) is 1.86. The van der Waals surface area contributed by atoms with Gasteiger partial charge in [0.15, 0.2) is 5.82 Å². The molecule has 4 heterocycles. The van der Waals surface area contributed by atoms with Gasteiger partial charge >= 0.3 is 6.01 Å². The van der Waals surface area contributed by atoms with E-state index in [1.54, 1.807) is 24.3 Å². The number of hydrogen-bond donors (Lipinski definition) is 1. The highest BCUT2D eigenvalue weighted by Crippen LogP contribution is 2.38. The molecule has 8 nitrogen and oxygen atoms in total. The Morgan fingerprint density at radius 1 is 1.21 bits per heavy atom. The van der Waals surface area contributed by atoms with E-state index in [0.717, 1.165) is 0 Å². The van der Waals surface area contributed by atoms with Crippen molar-refractivity contribution in [1.29, 1.82) is 5.26 Å². The lowest BCUT2D eigenvalue weighted by molar-refractivity contribution is -0.0520. The summed E-state index contributed by atoms with van der Waals surface area (Å²) < 4.78 is 41.7. The van der Waals surface area contributed by atoms with Gasteiger partial charge in [0.25, 0.3) is 0 Å². The Morgan fingerprint density at radius 3 is 2.87 bits per heavy atom. The molecule has 2 aliphatic heterocycles. The van der Waals surface area contributed by atoms with E-state index < -0.39 is 11.6 Å². The average Bonchev–Trinajstić information content (AvgIpc) is 2.90. The fourth-order valence-electron chi connectivity index (χ4n) is 4.86. The van der Waals surface area contributed by atoms with E-state index in [9.17, 15) is 9.65 Å². The Labute approximate surface area is 222 Å². The maximum absolute atomic E-state index is 16.3. The largest absolute Gasteiger partial charge is 0.463 e. The summed E-state index contributed by atoms with van der Waals surface area (Å²) in [7, 11) is 0. The summed E-state index contributed by atoms with van der Waals surface area (Å²) in [4.78, 5) is 15.5. The molecule has 194 valence electrons. The fraction of sp³-hybridized carbons (Fsp3) is 0.333. The molecule has 2 aromatic carbocycles. The minimum Gasteiger partial charge on any atom is -0.463 e.